The zero-order chi connectivity index (χ0) is 26.6. The van der Waals surface area contributed by atoms with Gasteiger partial charge in [0.1, 0.15) is 12.4 Å². The molecule has 0 atom stereocenters. The van der Waals surface area contributed by atoms with Crippen molar-refractivity contribution in [1.29, 1.82) is 0 Å². The van der Waals surface area contributed by atoms with E-state index in [1.807, 2.05) is 60.5 Å². The van der Waals surface area contributed by atoms with Crippen LogP contribution >= 0.6 is 11.3 Å². The van der Waals surface area contributed by atoms with Crippen LogP contribution in [0.3, 0.4) is 0 Å². The number of amides is 1. The Balaban J connectivity index is 1.14. The number of nitrogens with zero attached hydrogens (tertiary/aromatic N) is 4. The minimum absolute atomic E-state index is 0.0562. The molecule has 1 amide bonds. The summed E-state index contributed by atoms with van der Waals surface area (Å²) in [6.45, 7) is 8.52. The second-order valence-electron chi connectivity index (χ2n) is 10.0. The maximum absolute atomic E-state index is 13.0. The molecule has 0 bridgehead atoms. The van der Waals surface area contributed by atoms with Gasteiger partial charge in [-0.2, -0.15) is 0 Å². The van der Waals surface area contributed by atoms with Crippen LogP contribution < -0.4 is 10.1 Å². The van der Waals surface area contributed by atoms with Crippen LogP contribution in [0.15, 0.2) is 54.7 Å². The lowest BCUT2D eigenvalue weighted by atomic mass is 10.1. The molecule has 1 N–H and O–H groups in total. The second kappa shape index (κ2) is 11.7. The number of nitrogens with one attached hydrogen (secondary N) is 1. The number of hydrogen-bond acceptors (Lipinski definition) is 8. The van der Waals surface area contributed by atoms with Gasteiger partial charge in [0.2, 0.25) is 5.95 Å². The molecule has 9 heteroatoms. The molecule has 2 fully saturated rings. The highest BCUT2D eigenvalue weighted by atomic mass is 32.1. The maximum Gasteiger partial charge on any atom is 0.254 e. The molecule has 6 rings (SSSR count). The molecule has 0 saturated carbocycles. The van der Waals surface area contributed by atoms with Crippen molar-refractivity contribution in [2.24, 2.45) is 0 Å². The molecule has 0 radical (unpaired) electrons. The van der Waals surface area contributed by atoms with Crippen LogP contribution in [-0.2, 0) is 4.74 Å². The molecular weight excluding hydrogens is 510 g/mol. The molecule has 8 nitrogen and oxygen atoms in total. The van der Waals surface area contributed by atoms with Crippen LogP contribution in [0.1, 0.15) is 28.8 Å². The molecular formula is C30H33N5O3S. The molecule has 202 valence electrons. The summed E-state index contributed by atoms with van der Waals surface area (Å²) in [4.78, 5) is 27.7. The Morgan fingerprint density at radius 2 is 1.85 bits per heavy atom. The molecule has 0 aliphatic carbocycles. The Kier molecular flexibility index (Phi) is 7.71. The van der Waals surface area contributed by atoms with Gasteiger partial charge < -0.3 is 19.7 Å². The summed E-state index contributed by atoms with van der Waals surface area (Å²) in [5.74, 6) is 1.46. The number of rotatable bonds is 8. The number of likely N-dealkylation sites (tertiary alicyclic amines) is 1. The van der Waals surface area contributed by atoms with Crippen LogP contribution in [0.2, 0.25) is 0 Å². The van der Waals surface area contributed by atoms with Gasteiger partial charge in [-0.15, -0.1) is 11.3 Å². The molecule has 0 unspecified atom stereocenters. The molecule has 2 aliphatic rings. The Labute approximate surface area is 232 Å². The van der Waals surface area contributed by atoms with Crippen molar-refractivity contribution in [2.45, 2.75) is 19.8 Å². The smallest absolute Gasteiger partial charge is 0.254 e. The van der Waals surface area contributed by atoms with Gasteiger partial charge in [-0.1, -0.05) is 0 Å². The van der Waals surface area contributed by atoms with E-state index in [0.717, 1.165) is 44.2 Å². The minimum Gasteiger partial charge on any atom is -0.492 e. The van der Waals surface area contributed by atoms with Crippen molar-refractivity contribution in [3.05, 3.63) is 65.9 Å². The third-order valence-corrected chi connectivity index (χ3v) is 8.37. The topological polar surface area (TPSA) is 79.8 Å². The summed E-state index contributed by atoms with van der Waals surface area (Å²) < 4.78 is 12.4. The van der Waals surface area contributed by atoms with Gasteiger partial charge in [-0.05, 0) is 92.3 Å². The van der Waals surface area contributed by atoms with Gasteiger partial charge in [0, 0.05) is 41.8 Å². The molecule has 2 aromatic heterocycles. The van der Waals surface area contributed by atoms with Gasteiger partial charge in [0.25, 0.3) is 5.91 Å². The summed E-state index contributed by atoms with van der Waals surface area (Å²) in [6.07, 6.45) is 4.44. The first kappa shape index (κ1) is 25.7. The van der Waals surface area contributed by atoms with Crippen LogP contribution in [0.25, 0.3) is 20.7 Å². The Morgan fingerprint density at radius 3 is 2.64 bits per heavy atom. The molecule has 2 saturated heterocycles. The van der Waals surface area contributed by atoms with E-state index in [0.29, 0.717) is 44.4 Å². The number of benzene rings is 2. The maximum atomic E-state index is 13.0. The molecule has 0 spiro atoms. The number of carbonyl (C=O) groups excluding carboxylic acids is 1. The fourth-order valence-electron chi connectivity index (χ4n) is 5.06. The monoisotopic (exact) mass is 543 g/mol. The SMILES string of the molecule is Cc1cnc(Nc2ccc(OCCN3CCCC3)cc2)nc1-c1cc2cc(C(=O)N3CCOCC3)ccc2s1. The molecule has 4 aromatic rings. The van der Waals surface area contributed by atoms with Gasteiger partial charge in [0.15, 0.2) is 0 Å². The normalized spacial score (nSPS) is 16.1. The lowest BCUT2D eigenvalue weighted by Gasteiger charge is -2.26. The molecule has 39 heavy (non-hydrogen) atoms. The lowest BCUT2D eigenvalue weighted by Crippen LogP contribution is -2.40. The van der Waals surface area contributed by atoms with Crippen LogP contribution in [0.4, 0.5) is 11.6 Å². The summed E-state index contributed by atoms with van der Waals surface area (Å²) in [5.41, 5.74) is 3.49. The van der Waals surface area contributed by atoms with Crippen LogP contribution in [0.5, 0.6) is 5.75 Å². The fourth-order valence-corrected chi connectivity index (χ4v) is 6.15. The third kappa shape index (κ3) is 6.06. The van der Waals surface area contributed by atoms with Crippen LogP contribution in [0, 0.1) is 6.92 Å². The van der Waals surface area contributed by atoms with E-state index in [-0.39, 0.29) is 5.91 Å². The van der Waals surface area contributed by atoms with E-state index >= 15 is 0 Å². The highest BCUT2D eigenvalue weighted by molar-refractivity contribution is 7.22. The number of aromatic nitrogens is 2. The summed E-state index contributed by atoms with van der Waals surface area (Å²) in [6, 6.07) is 16.0. The zero-order valence-electron chi connectivity index (χ0n) is 22.2. The Bertz CT molecular complexity index is 1440. The average Bonchev–Trinajstić information content (AvgIpc) is 3.65. The predicted octanol–water partition coefficient (Wildman–Crippen LogP) is 5.36. The second-order valence-corrected chi connectivity index (χ2v) is 11.1. The number of fused-ring (bicyclic) bond motifs is 1. The van der Waals surface area contributed by atoms with Crippen molar-refractivity contribution in [2.75, 3.05) is 57.9 Å². The molecule has 4 heterocycles. The largest absolute Gasteiger partial charge is 0.492 e. The number of hydrogen-bond donors (Lipinski definition) is 1. The lowest BCUT2D eigenvalue weighted by molar-refractivity contribution is 0.0303. The molecule has 2 aromatic carbocycles. The first-order valence-electron chi connectivity index (χ1n) is 13.6. The number of aryl methyl sites for hydroxylation is 1. The summed E-state index contributed by atoms with van der Waals surface area (Å²) in [5, 5.41) is 4.37. The van der Waals surface area contributed by atoms with Crippen molar-refractivity contribution in [3.63, 3.8) is 0 Å². The highest BCUT2D eigenvalue weighted by Crippen LogP contribution is 2.35. The van der Waals surface area contributed by atoms with Crippen molar-refractivity contribution >= 4 is 39.0 Å². The van der Waals surface area contributed by atoms with E-state index in [2.05, 4.69) is 21.3 Å². The highest BCUT2D eigenvalue weighted by Gasteiger charge is 2.19. The standard InChI is InChI=1S/C30H33N5O3S/c1-21-20-31-30(32-24-5-7-25(8-6-24)38-17-12-34-10-2-3-11-34)33-28(21)27-19-23-18-22(4-9-26(23)39-27)29(36)35-13-15-37-16-14-35/h4-9,18-20H,2-3,10-17H2,1H3,(H,31,32,33). The first-order valence-corrected chi connectivity index (χ1v) is 14.4. The van der Waals surface area contributed by atoms with Crippen molar-refractivity contribution in [1.82, 2.24) is 19.8 Å². The predicted molar refractivity (Wildman–Crippen MR) is 155 cm³/mol. The zero-order valence-corrected chi connectivity index (χ0v) is 23.0. The van der Waals surface area contributed by atoms with E-state index in [1.54, 1.807) is 11.3 Å². The summed E-state index contributed by atoms with van der Waals surface area (Å²) >= 11 is 1.67. The van der Waals surface area contributed by atoms with Gasteiger partial charge in [0.05, 0.1) is 23.8 Å². The number of carbonyl (C=O) groups is 1. The van der Waals surface area contributed by atoms with Gasteiger partial charge in [-0.25, -0.2) is 9.97 Å². The number of thiophene rings is 1. The quantitative estimate of drug-likeness (QED) is 0.321. The number of morpholine rings is 1. The van der Waals surface area contributed by atoms with Gasteiger partial charge >= 0.3 is 0 Å². The van der Waals surface area contributed by atoms with Crippen molar-refractivity contribution < 1.29 is 14.3 Å². The van der Waals surface area contributed by atoms with E-state index in [9.17, 15) is 4.79 Å². The first-order chi connectivity index (χ1) is 19.1. The Hall–Kier alpha value is -3.53. The number of anilines is 2. The van der Waals surface area contributed by atoms with E-state index in [1.165, 1.54) is 25.9 Å². The molecule has 2 aliphatic heterocycles. The fraction of sp³-hybridized carbons (Fsp3) is 0.367. The number of ether oxygens (including phenoxy) is 2. The van der Waals surface area contributed by atoms with Crippen LogP contribution in [-0.4, -0.2) is 78.2 Å². The summed E-state index contributed by atoms with van der Waals surface area (Å²) in [7, 11) is 0. The minimum atomic E-state index is 0.0562. The average molecular weight is 544 g/mol. The third-order valence-electron chi connectivity index (χ3n) is 7.25. The Morgan fingerprint density at radius 1 is 1.05 bits per heavy atom. The van der Waals surface area contributed by atoms with Gasteiger partial charge in [-0.3, -0.25) is 9.69 Å². The van der Waals surface area contributed by atoms with E-state index < -0.39 is 0 Å². The van der Waals surface area contributed by atoms with E-state index in [4.69, 9.17) is 14.5 Å². The van der Waals surface area contributed by atoms with Crippen molar-refractivity contribution in [3.8, 4) is 16.3 Å².